The van der Waals surface area contributed by atoms with Gasteiger partial charge in [0.1, 0.15) is 5.82 Å². The van der Waals surface area contributed by atoms with Crippen molar-refractivity contribution >= 4 is 22.6 Å². The third-order valence-corrected chi connectivity index (χ3v) is 1.95. The number of rotatable bonds is 1. The van der Waals surface area contributed by atoms with Crippen LogP contribution >= 0.6 is 22.6 Å². The molecule has 0 aromatic heterocycles. The quantitative estimate of drug-likeness (QED) is 0.518. The summed E-state index contributed by atoms with van der Waals surface area (Å²) in [5.41, 5.74) is 1.16. The Morgan fingerprint density at radius 3 is 2.22 bits per heavy atom. The topological polar surface area (TPSA) is 0 Å². The van der Waals surface area contributed by atoms with Crippen molar-refractivity contribution < 1.29 is 4.39 Å². The van der Waals surface area contributed by atoms with Crippen LogP contribution < -0.4 is 0 Å². The lowest BCUT2D eigenvalue weighted by Crippen LogP contribution is -1.76. The second-order valence-corrected chi connectivity index (χ2v) is 2.52. The fourth-order valence-electron chi connectivity index (χ4n) is 0.573. The van der Waals surface area contributed by atoms with Crippen LogP contribution in [0.4, 0.5) is 4.39 Å². The SMILES string of the molecule is [18F]c1ccc(CI)cc1. The number of halogens is 2. The lowest BCUT2D eigenvalue weighted by molar-refractivity contribution is 0.627. The largest absolute Gasteiger partial charge is 0.207 e. The fourth-order valence-corrected chi connectivity index (χ4v) is 1.08. The molecule has 1 aromatic carbocycles. The van der Waals surface area contributed by atoms with Crippen LogP contribution in [0.25, 0.3) is 0 Å². The summed E-state index contributed by atoms with van der Waals surface area (Å²) >= 11 is 2.24. The van der Waals surface area contributed by atoms with Gasteiger partial charge in [0.15, 0.2) is 0 Å². The zero-order valence-corrected chi connectivity index (χ0v) is 6.93. The molecule has 0 aliphatic carbocycles. The van der Waals surface area contributed by atoms with E-state index < -0.39 is 0 Å². The van der Waals surface area contributed by atoms with Crippen LogP contribution in [0.3, 0.4) is 0 Å². The first kappa shape index (κ1) is 6.99. The number of hydrogen-bond acceptors (Lipinski definition) is 0. The van der Waals surface area contributed by atoms with E-state index in [1.807, 2.05) is 0 Å². The molecule has 2 heteroatoms. The van der Waals surface area contributed by atoms with Gasteiger partial charge in [0, 0.05) is 4.43 Å². The summed E-state index contributed by atoms with van der Waals surface area (Å²) in [6, 6.07) is 6.55. The second kappa shape index (κ2) is 3.15. The molecular weight excluding hydrogens is 229 g/mol. The van der Waals surface area contributed by atoms with Crippen molar-refractivity contribution in [1.82, 2.24) is 0 Å². The third-order valence-electron chi connectivity index (χ3n) is 1.07. The van der Waals surface area contributed by atoms with Crippen molar-refractivity contribution in [2.45, 2.75) is 4.43 Å². The van der Waals surface area contributed by atoms with E-state index in [2.05, 4.69) is 22.6 Å². The minimum atomic E-state index is -0.163. The highest BCUT2D eigenvalue weighted by Crippen LogP contribution is 2.06. The summed E-state index contributed by atoms with van der Waals surface area (Å²) in [6.45, 7) is 0. The summed E-state index contributed by atoms with van der Waals surface area (Å²) in [7, 11) is 0. The summed E-state index contributed by atoms with van der Waals surface area (Å²) in [6.07, 6.45) is 0. The average molecular weight is 235 g/mol. The molecule has 0 atom stereocenters. The molecule has 0 N–H and O–H groups in total. The predicted octanol–water partition coefficient (Wildman–Crippen LogP) is 2.76. The fraction of sp³-hybridized carbons (Fsp3) is 0.143. The normalized spacial score (nSPS) is 9.56. The average Bonchev–Trinajstić information content (AvgIpc) is 1.90. The zero-order chi connectivity index (χ0) is 6.69. The maximum atomic E-state index is 12.2. The van der Waals surface area contributed by atoms with Gasteiger partial charge in [0.2, 0.25) is 0 Å². The molecule has 0 unspecified atom stereocenters. The van der Waals surface area contributed by atoms with Crippen molar-refractivity contribution in [2.24, 2.45) is 0 Å². The molecule has 0 radical (unpaired) electrons. The molecule has 9 heavy (non-hydrogen) atoms. The molecule has 0 amide bonds. The molecule has 0 aliphatic heterocycles. The molecule has 0 spiro atoms. The lowest BCUT2D eigenvalue weighted by atomic mass is 10.2. The maximum absolute atomic E-state index is 12.2. The van der Waals surface area contributed by atoms with Crippen LogP contribution in [0, 0.1) is 5.82 Å². The molecule has 0 fully saturated rings. The van der Waals surface area contributed by atoms with E-state index in [1.165, 1.54) is 12.1 Å². The maximum Gasteiger partial charge on any atom is 0.123 e. The van der Waals surface area contributed by atoms with Gasteiger partial charge in [-0.05, 0) is 17.7 Å². The van der Waals surface area contributed by atoms with E-state index in [4.69, 9.17) is 0 Å². The third kappa shape index (κ3) is 1.93. The highest BCUT2D eigenvalue weighted by atomic mass is 127. The van der Waals surface area contributed by atoms with Crippen molar-refractivity contribution in [2.75, 3.05) is 0 Å². The Balaban J connectivity index is 2.88. The Morgan fingerprint density at radius 1 is 1.22 bits per heavy atom. The van der Waals surface area contributed by atoms with E-state index in [9.17, 15) is 4.39 Å². The molecule has 0 bridgehead atoms. The van der Waals surface area contributed by atoms with E-state index >= 15 is 0 Å². The Labute approximate surface area is 67.2 Å². The molecule has 0 saturated heterocycles. The van der Waals surface area contributed by atoms with Gasteiger partial charge in [0.05, 0.1) is 0 Å². The van der Waals surface area contributed by atoms with E-state index in [-0.39, 0.29) is 5.82 Å². The Morgan fingerprint density at radius 2 is 1.78 bits per heavy atom. The van der Waals surface area contributed by atoms with Gasteiger partial charge in [-0.15, -0.1) is 0 Å². The van der Waals surface area contributed by atoms with Crippen LogP contribution in [-0.2, 0) is 4.43 Å². The number of benzene rings is 1. The molecular formula is C7H6FI. The van der Waals surface area contributed by atoms with Crippen LogP contribution in [0.15, 0.2) is 24.3 Å². The number of alkyl halides is 1. The van der Waals surface area contributed by atoms with Gasteiger partial charge in [0.25, 0.3) is 0 Å². The Bertz CT molecular complexity index is 181. The van der Waals surface area contributed by atoms with Gasteiger partial charge in [-0.25, -0.2) is 4.39 Å². The minimum Gasteiger partial charge on any atom is -0.207 e. The monoisotopic (exact) mass is 235 g/mol. The summed E-state index contributed by atoms with van der Waals surface area (Å²) < 4.78 is 13.2. The molecule has 1 rings (SSSR count). The van der Waals surface area contributed by atoms with Gasteiger partial charge >= 0.3 is 0 Å². The molecule has 1 aromatic rings. The molecule has 0 nitrogen and oxygen atoms in total. The van der Waals surface area contributed by atoms with Gasteiger partial charge in [-0.3, -0.25) is 0 Å². The molecule has 48 valence electrons. The van der Waals surface area contributed by atoms with E-state index in [0.29, 0.717) is 0 Å². The Kier molecular flexibility index (Phi) is 2.45. The minimum absolute atomic E-state index is 0.163. The van der Waals surface area contributed by atoms with Crippen LogP contribution in [0.1, 0.15) is 5.56 Å². The summed E-state index contributed by atoms with van der Waals surface area (Å²) in [4.78, 5) is 0. The van der Waals surface area contributed by atoms with Crippen molar-refractivity contribution in [3.63, 3.8) is 0 Å². The smallest absolute Gasteiger partial charge is 0.123 e. The zero-order valence-electron chi connectivity index (χ0n) is 4.77. The highest BCUT2D eigenvalue weighted by molar-refractivity contribution is 14.1. The van der Waals surface area contributed by atoms with Gasteiger partial charge in [-0.1, -0.05) is 34.7 Å². The molecule has 0 saturated carbocycles. The summed E-state index contributed by atoms with van der Waals surface area (Å²) in [5.74, 6) is -0.163. The van der Waals surface area contributed by atoms with Crippen LogP contribution in [0.5, 0.6) is 0 Å². The predicted molar refractivity (Wildman–Crippen MR) is 44.1 cm³/mol. The van der Waals surface area contributed by atoms with Crippen LogP contribution in [-0.4, -0.2) is 0 Å². The first-order valence-corrected chi connectivity index (χ1v) is 4.16. The second-order valence-electron chi connectivity index (χ2n) is 1.76. The Hall–Kier alpha value is -0.120. The van der Waals surface area contributed by atoms with Crippen molar-refractivity contribution in [3.05, 3.63) is 35.6 Å². The van der Waals surface area contributed by atoms with Crippen molar-refractivity contribution in [1.29, 1.82) is 0 Å². The lowest BCUT2D eigenvalue weighted by Gasteiger charge is -1.91. The number of hydrogen-bond donors (Lipinski definition) is 0. The first-order chi connectivity index (χ1) is 4.33. The van der Waals surface area contributed by atoms with Crippen molar-refractivity contribution in [3.8, 4) is 0 Å². The van der Waals surface area contributed by atoms with Gasteiger partial charge < -0.3 is 0 Å². The molecule has 0 aliphatic rings. The summed E-state index contributed by atoms with van der Waals surface area (Å²) in [5, 5.41) is 0. The highest BCUT2D eigenvalue weighted by Gasteiger charge is 1.88. The first-order valence-electron chi connectivity index (χ1n) is 2.63. The van der Waals surface area contributed by atoms with E-state index in [0.717, 1.165) is 9.99 Å². The standard InChI is InChI=1S/C7H6FI/c8-7-3-1-6(5-9)2-4-7/h1-4H,5H2/i8-1. The molecule has 0 heterocycles. The van der Waals surface area contributed by atoms with Crippen LogP contribution in [0.2, 0.25) is 0 Å². The van der Waals surface area contributed by atoms with E-state index in [1.54, 1.807) is 12.1 Å². The van der Waals surface area contributed by atoms with Gasteiger partial charge in [-0.2, -0.15) is 0 Å².